The molecule has 13 heavy (non-hydrogen) atoms. The highest BCUT2D eigenvalue weighted by Gasteiger charge is 2.13. The zero-order valence-electron chi connectivity index (χ0n) is 8.27. The highest BCUT2D eigenvalue weighted by atomic mass is 14.9. The third-order valence-corrected chi connectivity index (χ3v) is 1.99. The van der Waals surface area contributed by atoms with E-state index >= 15 is 0 Å². The minimum absolute atomic E-state index is 0.307. The molecule has 0 radical (unpaired) electrons. The van der Waals surface area contributed by atoms with Gasteiger partial charge in [-0.25, -0.2) is 9.97 Å². The predicted octanol–water partition coefficient (Wildman–Crippen LogP) is 1.56. The Morgan fingerprint density at radius 1 is 1.31 bits per heavy atom. The van der Waals surface area contributed by atoms with Crippen molar-refractivity contribution >= 4 is 0 Å². The lowest BCUT2D eigenvalue weighted by Crippen LogP contribution is -2.16. The van der Waals surface area contributed by atoms with Gasteiger partial charge in [-0.15, -0.1) is 0 Å². The van der Waals surface area contributed by atoms with Crippen LogP contribution in [0.2, 0.25) is 0 Å². The topological polar surface area (TPSA) is 51.8 Å². The van der Waals surface area contributed by atoms with Gasteiger partial charge in [0.25, 0.3) is 0 Å². The van der Waals surface area contributed by atoms with Crippen LogP contribution >= 0.6 is 0 Å². The molecule has 0 amide bonds. The summed E-state index contributed by atoms with van der Waals surface area (Å²) in [6.45, 7) is 5.00. The van der Waals surface area contributed by atoms with Gasteiger partial charge in [-0.3, -0.25) is 0 Å². The van der Waals surface area contributed by atoms with Gasteiger partial charge < -0.3 is 5.73 Å². The van der Waals surface area contributed by atoms with Crippen molar-refractivity contribution in [1.82, 2.24) is 9.97 Å². The van der Waals surface area contributed by atoms with E-state index in [0.717, 1.165) is 12.2 Å². The molecule has 1 heterocycles. The first kappa shape index (κ1) is 10.1. The first-order valence-corrected chi connectivity index (χ1v) is 4.71. The van der Waals surface area contributed by atoms with Crippen LogP contribution in [-0.2, 0) is 0 Å². The monoisotopic (exact) mass is 179 g/mol. The van der Waals surface area contributed by atoms with Crippen LogP contribution in [0.25, 0.3) is 0 Å². The molecule has 1 unspecified atom stereocenters. The molecular weight excluding hydrogens is 162 g/mol. The Balaban J connectivity index is 2.67. The lowest BCUT2D eigenvalue weighted by Gasteiger charge is -2.14. The fourth-order valence-electron chi connectivity index (χ4n) is 1.40. The van der Waals surface area contributed by atoms with Gasteiger partial charge >= 0.3 is 0 Å². The Morgan fingerprint density at radius 2 is 1.92 bits per heavy atom. The van der Waals surface area contributed by atoms with Crippen LogP contribution in [0.15, 0.2) is 18.5 Å². The number of aromatic nitrogens is 2. The van der Waals surface area contributed by atoms with E-state index in [2.05, 4.69) is 23.8 Å². The van der Waals surface area contributed by atoms with Crippen LogP contribution in [0.5, 0.6) is 0 Å². The van der Waals surface area contributed by atoms with Gasteiger partial charge in [-0.05, 0) is 18.4 Å². The second-order valence-electron chi connectivity index (χ2n) is 3.67. The average Bonchev–Trinajstić information content (AvgIpc) is 2.15. The van der Waals surface area contributed by atoms with Crippen LogP contribution in [0.1, 0.15) is 32.0 Å². The van der Waals surface area contributed by atoms with E-state index in [1.807, 2.05) is 6.07 Å². The van der Waals surface area contributed by atoms with Crippen molar-refractivity contribution in [1.29, 1.82) is 0 Å². The van der Waals surface area contributed by atoms with E-state index in [1.165, 1.54) is 0 Å². The quantitative estimate of drug-likeness (QED) is 0.763. The largest absolute Gasteiger partial charge is 0.330 e. The summed E-state index contributed by atoms with van der Waals surface area (Å²) in [6, 6.07) is 1.83. The smallest absolute Gasteiger partial charge is 0.132 e. The predicted molar refractivity (Wildman–Crippen MR) is 53.3 cm³/mol. The molecule has 1 aromatic rings. The second-order valence-corrected chi connectivity index (χ2v) is 3.67. The van der Waals surface area contributed by atoms with E-state index in [1.54, 1.807) is 12.4 Å². The first-order chi connectivity index (χ1) is 6.24. The van der Waals surface area contributed by atoms with E-state index in [4.69, 9.17) is 5.73 Å². The number of hydrogen-bond acceptors (Lipinski definition) is 3. The number of nitrogens with two attached hydrogens (primary N) is 1. The van der Waals surface area contributed by atoms with Crippen LogP contribution in [0.4, 0.5) is 0 Å². The third kappa shape index (κ3) is 3.11. The van der Waals surface area contributed by atoms with E-state index in [0.29, 0.717) is 18.4 Å². The lowest BCUT2D eigenvalue weighted by atomic mass is 9.96. The molecule has 0 aliphatic carbocycles. The van der Waals surface area contributed by atoms with Gasteiger partial charge in [0.05, 0.1) is 0 Å². The molecule has 1 atom stereocenters. The van der Waals surface area contributed by atoms with Crippen molar-refractivity contribution in [2.24, 2.45) is 11.7 Å². The molecule has 0 fully saturated rings. The fourth-order valence-corrected chi connectivity index (χ4v) is 1.40. The maximum absolute atomic E-state index is 5.67. The van der Waals surface area contributed by atoms with Crippen molar-refractivity contribution in [3.8, 4) is 0 Å². The summed E-state index contributed by atoms with van der Waals surface area (Å²) in [6.07, 6.45) is 4.59. The summed E-state index contributed by atoms with van der Waals surface area (Å²) in [5.41, 5.74) is 5.67. The summed E-state index contributed by atoms with van der Waals surface area (Å²) in [5.74, 6) is 1.82. The van der Waals surface area contributed by atoms with Crippen molar-refractivity contribution < 1.29 is 0 Å². The summed E-state index contributed by atoms with van der Waals surface area (Å²) in [4.78, 5) is 8.42. The molecule has 1 aromatic heterocycles. The Hall–Kier alpha value is -0.960. The number of rotatable bonds is 4. The molecule has 0 saturated heterocycles. The number of hydrogen-bond donors (Lipinski definition) is 1. The minimum Gasteiger partial charge on any atom is -0.330 e. The van der Waals surface area contributed by atoms with Gasteiger partial charge in [0.15, 0.2) is 0 Å². The Kier molecular flexibility index (Phi) is 3.83. The van der Waals surface area contributed by atoms with Gasteiger partial charge in [0.2, 0.25) is 0 Å². The van der Waals surface area contributed by atoms with Gasteiger partial charge in [0, 0.05) is 24.9 Å². The normalized spacial score (nSPS) is 13.2. The van der Waals surface area contributed by atoms with Crippen molar-refractivity contribution in [2.75, 3.05) is 6.54 Å². The second kappa shape index (κ2) is 4.92. The molecule has 0 saturated carbocycles. The highest BCUT2D eigenvalue weighted by molar-refractivity contribution is 4.97. The summed E-state index contributed by atoms with van der Waals surface area (Å²) >= 11 is 0. The maximum Gasteiger partial charge on any atom is 0.132 e. The van der Waals surface area contributed by atoms with E-state index in [-0.39, 0.29) is 0 Å². The molecule has 2 N–H and O–H groups in total. The molecule has 0 aliphatic rings. The zero-order valence-corrected chi connectivity index (χ0v) is 8.27. The van der Waals surface area contributed by atoms with Crippen molar-refractivity contribution in [3.05, 3.63) is 24.3 Å². The third-order valence-electron chi connectivity index (χ3n) is 1.99. The summed E-state index contributed by atoms with van der Waals surface area (Å²) < 4.78 is 0. The molecular formula is C10H17N3. The maximum atomic E-state index is 5.67. The minimum atomic E-state index is 0.307. The van der Waals surface area contributed by atoms with E-state index < -0.39 is 0 Å². The van der Waals surface area contributed by atoms with Crippen LogP contribution < -0.4 is 5.73 Å². The van der Waals surface area contributed by atoms with E-state index in [9.17, 15) is 0 Å². The molecule has 3 heteroatoms. The van der Waals surface area contributed by atoms with Crippen LogP contribution in [0, 0.1) is 5.92 Å². The Bertz CT molecular complexity index is 233. The molecule has 0 aliphatic heterocycles. The first-order valence-electron chi connectivity index (χ1n) is 4.71. The zero-order chi connectivity index (χ0) is 9.68. The molecule has 3 nitrogen and oxygen atoms in total. The summed E-state index contributed by atoms with van der Waals surface area (Å²) in [7, 11) is 0. The molecule has 0 aromatic carbocycles. The lowest BCUT2D eigenvalue weighted by molar-refractivity contribution is 0.487. The molecule has 72 valence electrons. The average molecular weight is 179 g/mol. The summed E-state index contributed by atoms with van der Waals surface area (Å²) in [5, 5.41) is 0. The number of nitrogens with zero attached hydrogens (tertiary/aromatic N) is 2. The van der Waals surface area contributed by atoms with Crippen molar-refractivity contribution in [3.63, 3.8) is 0 Å². The Morgan fingerprint density at radius 3 is 2.38 bits per heavy atom. The van der Waals surface area contributed by atoms with Crippen LogP contribution in [0.3, 0.4) is 0 Å². The van der Waals surface area contributed by atoms with Gasteiger partial charge in [-0.2, -0.15) is 0 Å². The standard InChI is InChI=1S/C10H17N3/c1-8(2)6-9(7-11)10-12-4-3-5-13-10/h3-5,8-9H,6-7,11H2,1-2H3. The molecule has 1 rings (SSSR count). The van der Waals surface area contributed by atoms with Gasteiger partial charge in [-0.1, -0.05) is 13.8 Å². The van der Waals surface area contributed by atoms with Crippen LogP contribution in [-0.4, -0.2) is 16.5 Å². The fraction of sp³-hybridized carbons (Fsp3) is 0.600. The van der Waals surface area contributed by atoms with Crippen molar-refractivity contribution in [2.45, 2.75) is 26.2 Å². The van der Waals surface area contributed by atoms with Gasteiger partial charge in [0.1, 0.15) is 5.82 Å². The highest BCUT2D eigenvalue weighted by Crippen LogP contribution is 2.18. The Labute approximate surface area is 79.4 Å². The SMILES string of the molecule is CC(C)CC(CN)c1ncccn1. The molecule has 0 spiro atoms. The molecule has 0 bridgehead atoms.